The van der Waals surface area contributed by atoms with Crippen LogP contribution in [-0.2, 0) is 0 Å². The Morgan fingerprint density at radius 3 is 2.71 bits per heavy atom. The van der Waals surface area contributed by atoms with Gasteiger partial charge < -0.3 is 5.32 Å². The molecule has 1 rings (SSSR count). The summed E-state index contributed by atoms with van der Waals surface area (Å²) >= 11 is 6.51. The van der Waals surface area contributed by atoms with E-state index in [1.165, 1.54) is 12.1 Å². The van der Waals surface area contributed by atoms with E-state index in [1.54, 1.807) is 6.07 Å². The van der Waals surface area contributed by atoms with Gasteiger partial charge in [0.15, 0.2) is 0 Å². The minimum atomic E-state index is -0.418. The molecule has 0 heterocycles. The van der Waals surface area contributed by atoms with Gasteiger partial charge in [-0.3, -0.25) is 4.79 Å². The number of rotatable bonds is 5. The van der Waals surface area contributed by atoms with Crippen molar-refractivity contribution in [1.29, 1.82) is 0 Å². The minimum Gasteiger partial charge on any atom is -0.349 e. The van der Waals surface area contributed by atoms with Crippen LogP contribution in [0.1, 0.15) is 30.1 Å². The van der Waals surface area contributed by atoms with Crippen molar-refractivity contribution in [3.05, 3.63) is 34.1 Å². The van der Waals surface area contributed by atoms with Gasteiger partial charge in [-0.15, -0.1) is 0 Å². The average molecular weight is 367 g/mol. The molecule has 94 valence electrons. The molecule has 17 heavy (non-hydrogen) atoms. The van der Waals surface area contributed by atoms with Gasteiger partial charge in [-0.1, -0.05) is 38.8 Å². The van der Waals surface area contributed by atoms with Gasteiger partial charge in [0.05, 0.1) is 0 Å². The quantitative estimate of drug-likeness (QED) is 0.787. The van der Waals surface area contributed by atoms with Gasteiger partial charge in [-0.25, -0.2) is 4.39 Å². The van der Waals surface area contributed by atoms with Crippen molar-refractivity contribution in [2.45, 2.75) is 25.8 Å². The Morgan fingerprint density at radius 1 is 1.47 bits per heavy atom. The average Bonchev–Trinajstić information content (AvgIpc) is 2.27. The van der Waals surface area contributed by atoms with Crippen LogP contribution in [0.15, 0.2) is 22.7 Å². The highest BCUT2D eigenvalue weighted by atomic mass is 79.9. The fraction of sp³-hybridized carbons (Fsp3) is 0.417. The largest absolute Gasteiger partial charge is 0.349 e. The van der Waals surface area contributed by atoms with Crippen LogP contribution in [0, 0.1) is 5.82 Å². The number of alkyl halides is 1. The monoisotopic (exact) mass is 365 g/mol. The minimum absolute atomic E-state index is 0.115. The predicted molar refractivity (Wildman–Crippen MR) is 74.1 cm³/mol. The van der Waals surface area contributed by atoms with Gasteiger partial charge in [-0.05, 0) is 31.0 Å². The fourth-order valence-corrected chi connectivity index (χ4v) is 2.48. The lowest BCUT2D eigenvalue weighted by Crippen LogP contribution is -2.34. The molecule has 0 aliphatic rings. The van der Waals surface area contributed by atoms with Crippen molar-refractivity contribution in [1.82, 2.24) is 5.32 Å². The molecule has 0 aromatic heterocycles. The third kappa shape index (κ3) is 4.76. The first-order valence-corrected chi connectivity index (χ1v) is 7.31. The number of hydrogen-bond donors (Lipinski definition) is 1. The molecule has 5 heteroatoms. The van der Waals surface area contributed by atoms with E-state index in [0.717, 1.165) is 18.2 Å². The third-order valence-electron chi connectivity index (χ3n) is 2.41. The standard InChI is InChI=1S/C12H14Br2FNO/c1-2-11(3-4-13)16-12(17)8-5-9(14)7-10(15)6-8/h5-7,11H,2-4H2,1H3,(H,16,17). The van der Waals surface area contributed by atoms with Crippen LogP contribution in [0.3, 0.4) is 0 Å². The van der Waals surface area contributed by atoms with Gasteiger partial charge in [0, 0.05) is 21.4 Å². The Balaban J connectivity index is 2.75. The van der Waals surface area contributed by atoms with Gasteiger partial charge in [0.2, 0.25) is 0 Å². The van der Waals surface area contributed by atoms with E-state index in [2.05, 4.69) is 37.2 Å². The van der Waals surface area contributed by atoms with Crippen molar-refractivity contribution in [3.63, 3.8) is 0 Å². The van der Waals surface area contributed by atoms with E-state index in [9.17, 15) is 9.18 Å². The van der Waals surface area contributed by atoms with E-state index in [0.29, 0.717) is 10.0 Å². The van der Waals surface area contributed by atoms with Crippen molar-refractivity contribution < 1.29 is 9.18 Å². The van der Waals surface area contributed by atoms with Gasteiger partial charge >= 0.3 is 0 Å². The van der Waals surface area contributed by atoms with Crippen LogP contribution in [0.4, 0.5) is 4.39 Å². The molecular formula is C12H14Br2FNO. The van der Waals surface area contributed by atoms with Crippen LogP contribution >= 0.6 is 31.9 Å². The normalized spacial score (nSPS) is 12.2. The molecule has 0 radical (unpaired) electrons. The van der Waals surface area contributed by atoms with Crippen molar-refractivity contribution in [2.75, 3.05) is 5.33 Å². The lowest BCUT2D eigenvalue weighted by Gasteiger charge is -2.15. The van der Waals surface area contributed by atoms with Crippen LogP contribution < -0.4 is 5.32 Å². The van der Waals surface area contributed by atoms with Crippen molar-refractivity contribution in [3.8, 4) is 0 Å². The second kappa shape index (κ2) is 7.11. The number of benzene rings is 1. The van der Waals surface area contributed by atoms with Crippen LogP contribution in [0.2, 0.25) is 0 Å². The molecule has 0 saturated carbocycles. The molecule has 0 saturated heterocycles. The van der Waals surface area contributed by atoms with Gasteiger partial charge in [0.25, 0.3) is 5.91 Å². The highest BCUT2D eigenvalue weighted by Gasteiger charge is 2.12. The maximum atomic E-state index is 13.1. The Bertz CT molecular complexity index is 378. The summed E-state index contributed by atoms with van der Waals surface area (Å²) in [6.45, 7) is 2.01. The summed E-state index contributed by atoms with van der Waals surface area (Å²) in [6.07, 6.45) is 1.71. The molecule has 1 N–H and O–H groups in total. The summed E-state index contributed by atoms with van der Waals surface area (Å²) in [5.74, 6) is -0.656. The Labute approximate surface area is 117 Å². The lowest BCUT2D eigenvalue weighted by atomic mass is 10.1. The van der Waals surface area contributed by atoms with Gasteiger partial charge in [0.1, 0.15) is 5.82 Å². The maximum Gasteiger partial charge on any atom is 0.251 e. The summed E-state index contributed by atoms with van der Waals surface area (Å²) in [5, 5.41) is 3.71. The predicted octanol–water partition coefficient (Wildman–Crippen LogP) is 3.88. The molecule has 0 aliphatic heterocycles. The summed E-state index contributed by atoms with van der Waals surface area (Å²) in [6, 6.07) is 4.29. The zero-order valence-electron chi connectivity index (χ0n) is 9.47. The molecule has 1 atom stereocenters. The lowest BCUT2D eigenvalue weighted by molar-refractivity contribution is 0.0934. The Hall–Kier alpha value is -0.420. The number of carbonyl (C=O) groups is 1. The van der Waals surface area contributed by atoms with Gasteiger partial charge in [-0.2, -0.15) is 0 Å². The van der Waals surface area contributed by atoms with Crippen LogP contribution in [0.5, 0.6) is 0 Å². The number of amides is 1. The first kappa shape index (κ1) is 14.6. The maximum absolute atomic E-state index is 13.1. The molecule has 2 nitrogen and oxygen atoms in total. The topological polar surface area (TPSA) is 29.1 Å². The summed E-state index contributed by atoms with van der Waals surface area (Å²) < 4.78 is 13.7. The Kier molecular flexibility index (Phi) is 6.12. The molecule has 1 aromatic carbocycles. The first-order chi connectivity index (χ1) is 8.06. The van der Waals surface area contributed by atoms with Crippen LogP contribution in [0.25, 0.3) is 0 Å². The summed E-state index contributed by atoms with van der Waals surface area (Å²) in [7, 11) is 0. The van der Waals surface area contributed by atoms with E-state index in [1.807, 2.05) is 6.92 Å². The molecule has 0 fully saturated rings. The number of nitrogens with one attached hydrogen (secondary N) is 1. The Morgan fingerprint density at radius 2 is 2.18 bits per heavy atom. The summed E-state index contributed by atoms with van der Waals surface area (Å²) in [5.41, 5.74) is 0.338. The zero-order valence-corrected chi connectivity index (χ0v) is 12.6. The SMILES string of the molecule is CCC(CCBr)NC(=O)c1cc(F)cc(Br)c1. The highest BCUT2D eigenvalue weighted by molar-refractivity contribution is 9.10. The number of hydrogen-bond acceptors (Lipinski definition) is 1. The molecule has 0 aliphatic carbocycles. The number of halogens is 3. The zero-order chi connectivity index (χ0) is 12.8. The van der Waals surface area contributed by atoms with Crippen molar-refractivity contribution in [2.24, 2.45) is 0 Å². The van der Waals surface area contributed by atoms with E-state index in [4.69, 9.17) is 0 Å². The van der Waals surface area contributed by atoms with E-state index in [-0.39, 0.29) is 11.9 Å². The molecule has 1 aromatic rings. The highest BCUT2D eigenvalue weighted by Crippen LogP contribution is 2.15. The number of carbonyl (C=O) groups excluding carboxylic acids is 1. The molecular weight excluding hydrogens is 353 g/mol. The first-order valence-electron chi connectivity index (χ1n) is 5.39. The smallest absolute Gasteiger partial charge is 0.251 e. The second-order valence-electron chi connectivity index (χ2n) is 3.71. The van der Waals surface area contributed by atoms with E-state index >= 15 is 0 Å². The van der Waals surface area contributed by atoms with Crippen LogP contribution in [-0.4, -0.2) is 17.3 Å². The molecule has 1 amide bonds. The third-order valence-corrected chi connectivity index (χ3v) is 3.33. The summed E-state index contributed by atoms with van der Waals surface area (Å²) in [4.78, 5) is 11.9. The van der Waals surface area contributed by atoms with Crippen molar-refractivity contribution >= 4 is 37.8 Å². The molecule has 0 spiro atoms. The fourth-order valence-electron chi connectivity index (χ4n) is 1.46. The molecule has 1 unspecified atom stereocenters. The van der Waals surface area contributed by atoms with E-state index < -0.39 is 5.82 Å². The second-order valence-corrected chi connectivity index (χ2v) is 5.42. The molecule has 0 bridgehead atoms.